The van der Waals surface area contributed by atoms with Crippen LogP contribution in [0.3, 0.4) is 0 Å². The number of benzene rings is 1. The van der Waals surface area contributed by atoms with Crippen LogP contribution in [0.25, 0.3) is 0 Å². The lowest BCUT2D eigenvalue weighted by Gasteiger charge is -2.13. The van der Waals surface area contributed by atoms with Crippen LogP contribution in [0, 0.1) is 6.92 Å². The molecule has 1 aliphatic carbocycles. The molecule has 1 aromatic heterocycles. The molecule has 0 unspecified atom stereocenters. The molecule has 0 aliphatic heterocycles. The highest BCUT2D eigenvalue weighted by atomic mass is 32.2. The van der Waals surface area contributed by atoms with Gasteiger partial charge < -0.3 is 10.1 Å². The van der Waals surface area contributed by atoms with Crippen LogP contribution < -0.4 is 10.1 Å². The molecule has 1 N–H and O–H groups in total. The standard InChI is InChI=1S/C16H19N3OS/c1-10-14(17-2)18-15(11-4-5-11)19-16(10)20-12-6-8-13(21-3)9-7-12/h6-9,11H,4-5H2,1-3H3,(H,17,18,19). The van der Waals surface area contributed by atoms with E-state index in [2.05, 4.69) is 33.7 Å². The first-order valence-corrected chi connectivity index (χ1v) is 8.32. The summed E-state index contributed by atoms with van der Waals surface area (Å²) in [6, 6.07) is 8.06. The van der Waals surface area contributed by atoms with Crippen molar-refractivity contribution in [2.75, 3.05) is 18.6 Å². The molecule has 2 aromatic rings. The monoisotopic (exact) mass is 301 g/mol. The van der Waals surface area contributed by atoms with Crippen molar-refractivity contribution in [3.05, 3.63) is 35.7 Å². The summed E-state index contributed by atoms with van der Waals surface area (Å²) in [4.78, 5) is 10.4. The average molecular weight is 301 g/mol. The summed E-state index contributed by atoms with van der Waals surface area (Å²) in [6.07, 6.45) is 4.41. The first-order chi connectivity index (χ1) is 10.2. The third kappa shape index (κ3) is 3.13. The van der Waals surface area contributed by atoms with Gasteiger partial charge in [0, 0.05) is 17.9 Å². The van der Waals surface area contributed by atoms with Crippen molar-refractivity contribution in [2.45, 2.75) is 30.6 Å². The molecule has 1 aliphatic rings. The zero-order chi connectivity index (χ0) is 14.8. The minimum Gasteiger partial charge on any atom is -0.439 e. The van der Waals surface area contributed by atoms with Crippen molar-refractivity contribution >= 4 is 17.6 Å². The van der Waals surface area contributed by atoms with Crippen molar-refractivity contribution in [2.24, 2.45) is 0 Å². The Morgan fingerprint density at radius 3 is 2.48 bits per heavy atom. The van der Waals surface area contributed by atoms with Gasteiger partial charge in [-0.15, -0.1) is 11.8 Å². The van der Waals surface area contributed by atoms with Gasteiger partial charge in [-0.05, 0) is 50.3 Å². The van der Waals surface area contributed by atoms with Crippen molar-refractivity contribution in [1.29, 1.82) is 0 Å². The summed E-state index contributed by atoms with van der Waals surface area (Å²) in [5.74, 6) is 3.69. The summed E-state index contributed by atoms with van der Waals surface area (Å²) in [5.41, 5.74) is 0.941. The highest BCUT2D eigenvalue weighted by molar-refractivity contribution is 7.98. The maximum Gasteiger partial charge on any atom is 0.227 e. The minimum absolute atomic E-state index is 0.499. The van der Waals surface area contributed by atoms with E-state index in [1.807, 2.05) is 26.1 Å². The van der Waals surface area contributed by atoms with Gasteiger partial charge in [0.05, 0.1) is 5.56 Å². The first-order valence-electron chi connectivity index (χ1n) is 7.09. The zero-order valence-electron chi connectivity index (χ0n) is 12.5. The van der Waals surface area contributed by atoms with E-state index in [0.29, 0.717) is 11.8 Å². The molecule has 5 heteroatoms. The lowest BCUT2D eigenvalue weighted by molar-refractivity contribution is 0.454. The van der Waals surface area contributed by atoms with Gasteiger partial charge in [0.25, 0.3) is 0 Å². The number of nitrogens with one attached hydrogen (secondary N) is 1. The predicted molar refractivity (Wildman–Crippen MR) is 86.6 cm³/mol. The number of ether oxygens (including phenoxy) is 1. The topological polar surface area (TPSA) is 47.0 Å². The molecule has 21 heavy (non-hydrogen) atoms. The first kappa shape index (κ1) is 14.2. The number of nitrogens with zero attached hydrogens (tertiary/aromatic N) is 2. The fourth-order valence-corrected chi connectivity index (χ4v) is 2.54. The Hall–Kier alpha value is -1.75. The third-order valence-corrected chi connectivity index (χ3v) is 4.32. The molecule has 0 bridgehead atoms. The van der Waals surface area contributed by atoms with Crippen molar-refractivity contribution in [3.63, 3.8) is 0 Å². The number of aromatic nitrogens is 2. The normalized spacial score (nSPS) is 14.0. The van der Waals surface area contributed by atoms with E-state index in [4.69, 9.17) is 4.74 Å². The Balaban J connectivity index is 1.90. The number of hydrogen-bond acceptors (Lipinski definition) is 5. The van der Waals surface area contributed by atoms with E-state index in [1.165, 1.54) is 17.7 Å². The fourth-order valence-electron chi connectivity index (χ4n) is 2.13. The van der Waals surface area contributed by atoms with Crippen LogP contribution in [0.1, 0.15) is 30.1 Å². The van der Waals surface area contributed by atoms with E-state index in [0.717, 1.165) is 23.0 Å². The van der Waals surface area contributed by atoms with E-state index in [-0.39, 0.29) is 0 Å². The predicted octanol–water partition coefficient (Wildman–Crippen LogP) is 4.22. The van der Waals surface area contributed by atoms with E-state index in [9.17, 15) is 0 Å². The van der Waals surface area contributed by atoms with Crippen LogP contribution in [-0.4, -0.2) is 23.3 Å². The Morgan fingerprint density at radius 1 is 1.19 bits per heavy atom. The van der Waals surface area contributed by atoms with Crippen molar-refractivity contribution in [3.8, 4) is 11.6 Å². The third-order valence-electron chi connectivity index (χ3n) is 3.57. The number of hydrogen-bond donors (Lipinski definition) is 1. The maximum absolute atomic E-state index is 5.97. The molecule has 0 atom stereocenters. The number of thioether (sulfide) groups is 1. The molecule has 1 fully saturated rings. The molecule has 4 nitrogen and oxygen atoms in total. The lowest BCUT2D eigenvalue weighted by atomic mass is 10.3. The molecule has 1 saturated carbocycles. The van der Waals surface area contributed by atoms with Crippen molar-refractivity contribution in [1.82, 2.24) is 9.97 Å². The molecule has 0 amide bonds. The summed E-state index contributed by atoms with van der Waals surface area (Å²) in [5, 5.41) is 3.13. The van der Waals surface area contributed by atoms with Gasteiger partial charge >= 0.3 is 0 Å². The molecule has 0 radical (unpaired) electrons. The maximum atomic E-state index is 5.97. The van der Waals surface area contributed by atoms with E-state index in [1.54, 1.807) is 11.8 Å². The summed E-state index contributed by atoms with van der Waals surface area (Å²) < 4.78 is 5.97. The smallest absolute Gasteiger partial charge is 0.227 e. The summed E-state index contributed by atoms with van der Waals surface area (Å²) >= 11 is 1.72. The largest absolute Gasteiger partial charge is 0.439 e. The van der Waals surface area contributed by atoms with Crippen LogP contribution in [0.4, 0.5) is 5.82 Å². The van der Waals surface area contributed by atoms with Gasteiger partial charge in [0.1, 0.15) is 17.4 Å². The van der Waals surface area contributed by atoms with Gasteiger partial charge in [-0.3, -0.25) is 0 Å². The Kier molecular flexibility index (Phi) is 4.01. The quantitative estimate of drug-likeness (QED) is 0.838. The molecular formula is C16H19N3OS. The molecular weight excluding hydrogens is 282 g/mol. The van der Waals surface area contributed by atoms with Crippen LogP contribution in [-0.2, 0) is 0 Å². The zero-order valence-corrected chi connectivity index (χ0v) is 13.3. The minimum atomic E-state index is 0.499. The fraction of sp³-hybridized carbons (Fsp3) is 0.375. The second-order valence-corrected chi connectivity index (χ2v) is 6.04. The van der Waals surface area contributed by atoms with E-state index >= 15 is 0 Å². The molecule has 3 rings (SSSR count). The second-order valence-electron chi connectivity index (χ2n) is 5.16. The Morgan fingerprint density at radius 2 is 1.90 bits per heavy atom. The molecule has 1 aromatic carbocycles. The Labute approximate surface area is 129 Å². The van der Waals surface area contributed by atoms with Gasteiger partial charge in [0.2, 0.25) is 5.88 Å². The second kappa shape index (κ2) is 5.93. The molecule has 0 saturated heterocycles. The van der Waals surface area contributed by atoms with Crippen LogP contribution in [0.5, 0.6) is 11.6 Å². The Bertz CT molecular complexity index is 639. The highest BCUT2D eigenvalue weighted by Gasteiger charge is 2.28. The molecule has 0 spiro atoms. The number of anilines is 1. The van der Waals surface area contributed by atoms with E-state index < -0.39 is 0 Å². The summed E-state index contributed by atoms with van der Waals surface area (Å²) in [6.45, 7) is 1.98. The van der Waals surface area contributed by atoms with Gasteiger partial charge in [-0.25, -0.2) is 4.98 Å². The highest BCUT2D eigenvalue weighted by Crippen LogP contribution is 2.40. The molecule has 1 heterocycles. The van der Waals surface area contributed by atoms with Crippen LogP contribution in [0.15, 0.2) is 29.2 Å². The van der Waals surface area contributed by atoms with Gasteiger partial charge in [0.15, 0.2) is 0 Å². The lowest BCUT2D eigenvalue weighted by Crippen LogP contribution is -2.04. The van der Waals surface area contributed by atoms with Crippen molar-refractivity contribution < 1.29 is 4.74 Å². The van der Waals surface area contributed by atoms with Crippen LogP contribution >= 0.6 is 11.8 Å². The van der Waals surface area contributed by atoms with Crippen LogP contribution in [0.2, 0.25) is 0 Å². The van der Waals surface area contributed by atoms with Gasteiger partial charge in [-0.2, -0.15) is 4.98 Å². The number of rotatable bonds is 5. The SMILES string of the molecule is CNc1nc(C2CC2)nc(Oc2ccc(SC)cc2)c1C. The summed E-state index contributed by atoms with van der Waals surface area (Å²) in [7, 11) is 1.88. The average Bonchev–Trinajstić information content (AvgIpc) is 3.35. The van der Waals surface area contributed by atoms with Gasteiger partial charge in [-0.1, -0.05) is 0 Å². The molecule has 110 valence electrons.